The van der Waals surface area contributed by atoms with E-state index in [-0.39, 0.29) is 18.4 Å². The number of imide groups is 1. The van der Waals surface area contributed by atoms with E-state index in [0.717, 1.165) is 8.66 Å². The maximum Gasteiger partial charge on any atom is 0.246 e. The molecule has 2 amide bonds. The molecule has 2 rings (SSSR count). The summed E-state index contributed by atoms with van der Waals surface area (Å²) < 4.78 is 1.05. The first-order chi connectivity index (χ1) is 7.89. The number of carbonyl (C=O) groups is 2. The van der Waals surface area contributed by atoms with Crippen LogP contribution in [-0.4, -0.2) is 28.8 Å². The molecule has 0 atom stereocenters. The summed E-state index contributed by atoms with van der Waals surface area (Å²) >= 11 is 5.02. The van der Waals surface area contributed by atoms with Crippen LogP contribution in [0.5, 0.6) is 0 Å². The molecular weight excluding hydrogens is 304 g/mol. The summed E-state index contributed by atoms with van der Waals surface area (Å²) in [7, 11) is 0. The van der Waals surface area contributed by atoms with E-state index in [1.165, 1.54) is 0 Å². The highest BCUT2D eigenvalue weighted by molar-refractivity contribution is 9.11. The highest BCUT2D eigenvalue weighted by Crippen LogP contribution is 2.27. The van der Waals surface area contributed by atoms with Crippen molar-refractivity contribution in [3.63, 3.8) is 0 Å². The lowest BCUT2D eigenvalue weighted by Crippen LogP contribution is -2.63. The van der Waals surface area contributed by atoms with Crippen LogP contribution in [0.15, 0.2) is 15.9 Å². The van der Waals surface area contributed by atoms with E-state index in [0.29, 0.717) is 6.54 Å². The van der Waals surface area contributed by atoms with Crippen LogP contribution in [-0.2, 0) is 16.1 Å². The molecule has 1 aliphatic heterocycles. The summed E-state index contributed by atoms with van der Waals surface area (Å²) in [6, 6.07) is 3.97. The van der Waals surface area contributed by atoms with Crippen molar-refractivity contribution in [3.05, 3.63) is 20.8 Å². The molecule has 0 spiro atoms. The Bertz CT molecular complexity index is 470. The molecular formula is C11H13BrN2O2S. The average Bonchev–Trinajstić information content (AvgIpc) is 2.61. The number of rotatable bonds is 2. The van der Waals surface area contributed by atoms with E-state index < -0.39 is 5.54 Å². The molecule has 1 N–H and O–H groups in total. The molecule has 17 heavy (non-hydrogen) atoms. The fraction of sp³-hybridized carbons (Fsp3) is 0.455. The smallest absolute Gasteiger partial charge is 0.246 e. The Kier molecular flexibility index (Phi) is 3.38. The molecule has 1 aliphatic rings. The Balaban J connectivity index is 2.18. The highest BCUT2D eigenvalue weighted by atomic mass is 79.9. The normalized spacial score (nSPS) is 20.4. The van der Waals surface area contributed by atoms with Crippen molar-refractivity contribution in [1.82, 2.24) is 10.2 Å². The van der Waals surface area contributed by atoms with Gasteiger partial charge in [-0.3, -0.25) is 19.8 Å². The van der Waals surface area contributed by atoms with E-state index in [1.807, 2.05) is 30.9 Å². The molecule has 4 nitrogen and oxygen atoms in total. The zero-order valence-corrected chi connectivity index (χ0v) is 12.0. The molecule has 6 heteroatoms. The molecule has 0 radical (unpaired) electrons. The predicted molar refractivity (Wildman–Crippen MR) is 69.7 cm³/mol. The Labute approximate surface area is 112 Å². The van der Waals surface area contributed by atoms with Gasteiger partial charge in [-0.1, -0.05) is 0 Å². The molecule has 0 unspecified atom stereocenters. The van der Waals surface area contributed by atoms with Gasteiger partial charge in [0, 0.05) is 11.4 Å². The number of thiophene rings is 1. The van der Waals surface area contributed by atoms with Gasteiger partial charge in [-0.15, -0.1) is 11.3 Å². The Morgan fingerprint density at radius 1 is 1.47 bits per heavy atom. The van der Waals surface area contributed by atoms with Crippen LogP contribution in [0.1, 0.15) is 18.7 Å². The number of amides is 2. The van der Waals surface area contributed by atoms with E-state index >= 15 is 0 Å². The maximum absolute atomic E-state index is 11.8. The largest absolute Gasteiger partial charge is 0.294 e. The molecule has 1 saturated heterocycles. The molecule has 1 aromatic heterocycles. The molecule has 0 bridgehead atoms. The topological polar surface area (TPSA) is 49.4 Å². The quantitative estimate of drug-likeness (QED) is 0.846. The first-order valence-electron chi connectivity index (χ1n) is 5.23. The minimum absolute atomic E-state index is 0.232. The van der Waals surface area contributed by atoms with E-state index in [9.17, 15) is 9.59 Å². The van der Waals surface area contributed by atoms with Gasteiger partial charge in [-0.2, -0.15) is 0 Å². The van der Waals surface area contributed by atoms with Gasteiger partial charge in [0.25, 0.3) is 0 Å². The van der Waals surface area contributed by atoms with Crippen molar-refractivity contribution in [2.75, 3.05) is 6.54 Å². The third kappa shape index (κ3) is 2.59. The minimum atomic E-state index is -0.648. The molecule has 0 aliphatic carbocycles. The van der Waals surface area contributed by atoms with Crippen LogP contribution >= 0.6 is 27.3 Å². The van der Waals surface area contributed by atoms with Gasteiger partial charge < -0.3 is 0 Å². The number of hydrogen-bond acceptors (Lipinski definition) is 4. The molecule has 1 aromatic rings. The van der Waals surface area contributed by atoms with Crippen molar-refractivity contribution in [3.8, 4) is 0 Å². The van der Waals surface area contributed by atoms with Gasteiger partial charge in [0.1, 0.15) is 0 Å². The summed E-state index contributed by atoms with van der Waals surface area (Å²) in [5.74, 6) is -0.464. The number of halogens is 1. The van der Waals surface area contributed by atoms with Crippen molar-refractivity contribution >= 4 is 39.1 Å². The van der Waals surface area contributed by atoms with Gasteiger partial charge in [0.2, 0.25) is 11.8 Å². The second kappa shape index (κ2) is 4.51. The second-order valence-corrected chi connectivity index (χ2v) is 7.05. The summed E-state index contributed by atoms with van der Waals surface area (Å²) in [5, 5.41) is 2.37. The Morgan fingerprint density at radius 3 is 2.76 bits per heavy atom. The van der Waals surface area contributed by atoms with Crippen LogP contribution in [0.2, 0.25) is 0 Å². The van der Waals surface area contributed by atoms with E-state index in [1.54, 1.807) is 11.3 Å². The third-order valence-electron chi connectivity index (χ3n) is 2.91. The van der Waals surface area contributed by atoms with Crippen LogP contribution in [0.25, 0.3) is 0 Å². The lowest BCUT2D eigenvalue weighted by molar-refractivity contribution is -0.145. The third-order valence-corrected chi connectivity index (χ3v) is 4.52. The zero-order chi connectivity index (χ0) is 12.6. The molecule has 2 heterocycles. The van der Waals surface area contributed by atoms with Gasteiger partial charge in [0.15, 0.2) is 0 Å². The van der Waals surface area contributed by atoms with Crippen LogP contribution < -0.4 is 5.32 Å². The molecule has 0 saturated carbocycles. The molecule has 92 valence electrons. The Morgan fingerprint density at radius 2 is 2.18 bits per heavy atom. The number of nitrogens with zero attached hydrogens (tertiary/aromatic N) is 1. The summed E-state index contributed by atoms with van der Waals surface area (Å²) in [6.07, 6.45) is 0. The lowest BCUT2D eigenvalue weighted by Gasteiger charge is -2.39. The zero-order valence-electron chi connectivity index (χ0n) is 9.62. The summed E-state index contributed by atoms with van der Waals surface area (Å²) in [6.45, 7) is 4.53. The highest BCUT2D eigenvalue weighted by Gasteiger charge is 2.40. The SMILES string of the molecule is CC1(C)C(=O)NC(=O)CN1Cc1ccc(Br)s1. The van der Waals surface area contributed by atoms with Crippen LogP contribution in [0, 0.1) is 0 Å². The minimum Gasteiger partial charge on any atom is -0.294 e. The Hall–Kier alpha value is -0.720. The number of carbonyl (C=O) groups excluding carboxylic acids is 2. The number of piperazine rings is 1. The van der Waals surface area contributed by atoms with E-state index in [2.05, 4.69) is 21.2 Å². The average molecular weight is 317 g/mol. The van der Waals surface area contributed by atoms with Crippen molar-refractivity contribution in [2.45, 2.75) is 25.9 Å². The van der Waals surface area contributed by atoms with Gasteiger partial charge in [-0.25, -0.2) is 0 Å². The summed E-state index contributed by atoms with van der Waals surface area (Å²) in [5.41, 5.74) is -0.648. The predicted octanol–water partition coefficient (Wildman–Crippen LogP) is 1.75. The monoisotopic (exact) mass is 316 g/mol. The fourth-order valence-electron chi connectivity index (χ4n) is 1.71. The first kappa shape index (κ1) is 12.7. The molecule has 1 fully saturated rings. The van der Waals surface area contributed by atoms with Crippen LogP contribution in [0.4, 0.5) is 0 Å². The van der Waals surface area contributed by atoms with E-state index in [4.69, 9.17) is 0 Å². The van der Waals surface area contributed by atoms with Gasteiger partial charge in [-0.05, 0) is 41.9 Å². The maximum atomic E-state index is 11.8. The second-order valence-electron chi connectivity index (χ2n) is 4.50. The van der Waals surface area contributed by atoms with Crippen LogP contribution in [0.3, 0.4) is 0 Å². The van der Waals surface area contributed by atoms with Crippen molar-refractivity contribution in [2.24, 2.45) is 0 Å². The standard InChI is InChI=1S/C11H13BrN2O2S/c1-11(2)10(16)13-9(15)6-14(11)5-7-3-4-8(12)17-7/h3-4H,5-6H2,1-2H3,(H,13,15,16). The summed E-state index contributed by atoms with van der Waals surface area (Å²) in [4.78, 5) is 26.2. The van der Waals surface area contributed by atoms with Gasteiger partial charge in [0.05, 0.1) is 15.9 Å². The van der Waals surface area contributed by atoms with Crippen molar-refractivity contribution in [1.29, 1.82) is 0 Å². The number of nitrogens with one attached hydrogen (secondary N) is 1. The molecule has 0 aromatic carbocycles. The van der Waals surface area contributed by atoms with Gasteiger partial charge >= 0.3 is 0 Å². The first-order valence-corrected chi connectivity index (χ1v) is 6.84. The fourth-order valence-corrected chi connectivity index (χ4v) is 3.21. The lowest BCUT2D eigenvalue weighted by atomic mass is 9.99. The van der Waals surface area contributed by atoms with Crippen molar-refractivity contribution < 1.29 is 9.59 Å². The number of hydrogen-bond donors (Lipinski definition) is 1.